The van der Waals surface area contributed by atoms with E-state index >= 15 is 0 Å². The Kier molecular flexibility index (Phi) is 39.7. The van der Waals surface area contributed by atoms with Crippen LogP contribution in [0.2, 0.25) is 0 Å². The van der Waals surface area contributed by atoms with Crippen LogP contribution in [-0.4, -0.2) is 81.2 Å². The van der Waals surface area contributed by atoms with Crippen LogP contribution < -0.4 is 4.89 Å². The van der Waals surface area contributed by atoms with Gasteiger partial charge in [0.15, 0.2) is 6.10 Å². The van der Waals surface area contributed by atoms with Crippen molar-refractivity contribution in [3.8, 4) is 0 Å². The molecule has 0 aromatic rings. The SMILES string of the molecule is CCCCC/C=C\C/C=C\CCCCCCCCCCCC(=O)O[C@H](COC(=O)CCC/C=C\C/C=C\C/C=C\C/C=C\[C@@H](O)CCCC)COP(=O)([O-])OCC[N+](C)(C)C. The van der Waals surface area contributed by atoms with Crippen molar-refractivity contribution in [1.29, 1.82) is 0 Å². The molecule has 1 N–H and O–H groups in total. The Bertz CT molecular complexity index is 1280. The van der Waals surface area contributed by atoms with Crippen molar-refractivity contribution in [2.24, 2.45) is 0 Å². The van der Waals surface area contributed by atoms with E-state index in [1.54, 1.807) is 0 Å². The molecular formula is C50H88NO9P. The molecule has 0 saturated heterocycles. The average Bonchev–Trinajstić information content (AvgIpc) is 3.21. The number of likely N-dealkylation sites (N-methyl/N-ethyl adjacent to an activating group) is 1. The van der Waals surface area contributed by atoms with E-state index < -0.39 is 32.5 Å². The second-order valence-electron chi connectivity index (χ2n) is 16.9. The van der Waals surface area contributed by atoms with Crippen molar-refractivity contribution in [3.05, 3.63) is 72.9 Å². The van der Waals surface area contributed by atoms with Gasteiger partial charge in [0.2, 0.25) is 0 Å². The van der Waals surface area contributed by atoms with Crippen LogP contribution in [0.5, 0.6) is 0 Å². The molecule has 0 spiro atoms. The summed E-state index contributed by atoms with van der Waals surface area (Å²) < 4.78 is 33.9. The molecule has 0 rings (SSSR count). The van der Waals surface area contributed by atoms with E-state index in [4.69, 9.17) is 18.5 Å². The number of hydrogen-bond acceptors (Lipinski definition) is 9. The molecule has 10 nitrogen and oxygen atoms in total. The minimum absolute atomic E-state index is 0.0502. The minimum atomic E-state index is -4.65. The summed E-state index contributed by atoms with van der Waals surface area (Å²) >= 11 is 0. The number of allylic oxidation sites excluding steroid dienone is 11. The van der Waals surface area contributed by atoms with Gasteiger partial charge >= 0.3 is 11.9 Å². The van der Waals surface area contributed by atoms with Crippen LogP contribution in [0.25, 0.3) is 0 Å². The number of esters is 2. The number of quaternary nitrogens is 1. The van der Waals surface area contributed by atoms with Crippen LogP contribution in [0.4, 0.5) is 0 Å². The van der Waals surface area contributed by atoms with Crippen molar-refractivity contribution in [2.45, 2.75) is 187 Å². The number of nitrogens with zero attached hydrogens (tertiary/aromatic N) is 1. The van der Waals surface area contributed by atoms with Crippen molar-refractivity contribution >= 4 is 19.8 Å². The maximum absolute atomic E-state index is 12.7. The van der Waals surface area contributed by atoms with E-state index in [1.165, 1.54) is 57.8 Å². The third-order valence-corrected chi connectivity index (χ3v) is 10.7. The Labute approximate surface area is 372 Å². The molecule has 0 aromatic carbocycles. The van der Waals surface area contributed by atoms with Gasteiger partial charge in [-0.05, 0) is 77.0 Å². The average molecular weight is 878 g/mol. The highest BCUT2D eigenvalue weighted by Crippen LogP contribution is 2.38. The highest BCUT2D eigenvalue weighted by Gasteiger charge is 2.21. The highest BCUT2D eigenvalue weighted by molar-refractivity contribution is 7.45. The lowest BCUT2D eigenvalue weighted by Gasteiger charge is -2.28. The van der Waals surface area contributed by atoms with Crippen LogP contribution in [0, 0.1) is 0 Å². The standard InChI is InChI=1S/C50H88NO9P/c1-6-8-10-11-12-13-14-15-16-17-18-19-20-21-26-29-32-35-38-42-50(54)60-48(46-59-61(55,56)58-44-43-51(3,4)5)45-57-49(53)41-37-34-31-28-25-23-22-24-27-30-33-36-40-47(52)39-9-7-2/h12-13,15-16,22-23,27-28,30-31,36,40,47-48,52H,6-11,14,17-21,24-26,29,32-35,37-39,41-46H2,1-5H3/b13-12-,16-15-,23-22-,30-27-,31-28-,40-36-/t47-,48+/m0/s1. The zero-order chi connectivity index (χ0) is 45.1. The summed E-state index contributed by atoms with van der Waals surface area (Å²) in [5, 5.41) is 9.83. The van der Waals surface area contributed by atoms with Gasteiger partial charge in [-0.2, -0.15) is 0 Å². The minimum Gasteiger partial charge on any atom is -0.756 e. The zero-order valence-corrected chi connectivity index (χ0v) is 40.1. The first-order valence-corrected chi connectivity index (χ1v) is 25.2. The summed E-state index contributed by atoms with van der Waals surface area (Å²) in [7, 11) is 1.10. The monoisotopic (exact) mass is 878 g/mol. The third kappa shape index (κ3) is 45.3. The predicted molar refractivity (Wildman–Crippen MR) is 251 cm³/mol. The number of phosphoric acid groups is 1. The summed E-state index contributed by atoms with van der Waals surface area (Å²) in [6.07, 6.45) is 48.4. The Morgan fingerprint density at radius 3 is 1.62 bits per heavy atom. The Balaban J connectivity index is 4.44. The second kappa shape index (κ2) is 41.4. The van der Waals surface area contributed by atoms with E-state index in [-0.39, 0.29) is 32.2 Å². The number of carbonyl (C=O) groups excluding carboxylic acids is 2. The first-order valence-electron chi connectivity index (χ1n) is 23.7. The fourth-order valence-electron chi connectivity index (χ4n) is 5.99. The van der Waals surface area contributed by atoms with Crippen molar-refractivity contribution in [1.82, 2.24) is 0 Å². The van der Waals surface area contributed by atoms with E-state index in [1.807, 2.05) is 39.4 Å². The van der Waals surface area contributed by atoms with E-state index in [0.29, 0.717) is 30.3 Å². The van der Waals surface area contributed by atoms with Gasteiger partial charge < -0.3 is 33.0 Å². The molecule has 0 saturated carbocycles. The number of rotatable bonds is 42. The van der Waals surface area contributed by atoms with E-state index in [0.717, 1.165) is 70.6 Å². The van der Waals surface area contributed by atoms with Crippen LogP contribution in [0.15, 0.2) is 72.9 Å². The molecule has 3 atom stereocenters. The van der Waals surface area contributed by atoms with Gasteiger partial charge in [0.25, 0.3) is 7.82 Å². The summed E-state index contributed by atoms with van der Waals surface area (Å²) in [5.41, 5.74) is 0. The molecule has 0 fully saturated rings. The van der Waals surface area contributed by atoms with Gasteiger partial charge in [-0.3, -0.25) is 14.2 Å². The fraction of sp³-hybridized carbons (Fsp3) is 0.720. The first-order chi connectivity index (χ1) is 29.4. The summed E-state index contributed by atoms with van der Waals surface area (Å²) in [4.78, 5) is 37.6. The molecule has 0 aliphatic carbocycles. The number of hydrogen-bond donors (Lipinski definition) is 1. The first kappa shape index (κ1) is 58.4. The van der Waals surface area contributed by atoms with Crippen LogP contribution >= 0.6 is 7.82 Å². The number of unbranched alkanes of at least 4 members (excludes halogenated alkanes) is 14. The van der Waals surface area contributed by atoms with Crippen LogP contribution in [0.1, 0.15) is 174 Å². The number of carbonyl (C=O) groups is 2. The second-order valence-corrected chi connectivity index (χ2v) is 18.3. The van der Waals surface area contributed by atoms with Crippen molar-refractivity contribution in [2.75, 3.05) is 47.5 Å². The molecule has 0 radical (unpaired) electrons. The summed E-state index contributed by atoms with van der Waals surface area (Å²) in [6.45, 7) is 3.96. The Morgan fingerprint density at radius 1 is 0.590 bits per heavy atom. The number of aliphatic hydroxyl groups is 1. The maximum atomic E-state index is 12.7. The molecule has 0 amide bonds. The van der Waals surface area contributed by atoms with Gasteiger partial charge in [0.05, 0.1) is 33.9 Å². The number of ether oxygens (including phenoxy) is 2. The normalized spacial score (nSPS) is 14.7. The molecule has 0 aromatic heterocycles. The predicted octanol–water partition coefficient (Wildman–Crippen LogP) is 12.1. The quantitative estimate of drug-likeness (QED) is 0.0209. The molecule has 61 heavy (non-hydrogen) atoms. The molecule has 11 heteroatoms. The summed E-state index contributed by atoms with van der Waals surface area (Å²) in [5.74, 6) is -0.932. The molecule has 1 unspecified atom stereocenters. The lowest BCUT2D eigenvalue weighted by Crippen LogP contribution is -2.37. The Morgan fingerprint density at radius 2 is 1.07 bits per heavy atom. The Hall–Kier alpha value is -2.59. The lowest BCUT2D eigenvalue weighted by atomic mass is 10.1. The number of aliphatic hydroxyl groups excluding tert-OH is 1. The topological polar surface area (TPSA) is 131 Å². The smallest absolute Gasteiger partial charge is 0.306 e. The molecule has 0 bridgehead atoms. The number of phosphoric ester groups is 1. The van der Waals surface area contributed by atoms with Gasteiger partial charge in [-0.25, -0.2) is 0 Å². The van der Waals surface area contributed by atoms with E-state index in [2.05, 4.69) is 68.5 Å². The fourth-order valence-corrected chi connectivity index (χ4v) is 6.72. The third-order valence-electron chi connectivity index (χ3n) is 9.77. The molecule has 0 heterocycles. The summed E-state index contributed by atoms with van der Waals surface area (Å²) in [6, 6.07) is 0. The van der Waals surface area contributed by atoms with Gasteiger partial charge in [0.1, 0.15) is 19.8 Å². The molecule has 0 aliphatic rings. The van der Waals surface area contributed by atoms with Crippen LogP contribution in [0.3, 0.4) is 0 Å². The molecular weight excluding hydrogens is 790 g/mol. The van der Waals surface area contributed by atoms with Gasteiger partial charge in [-0.1, -0.05) is 157 Å². The van der Waals surface area contributed by atoms with E-state index in [9.17, 15) is 24.2 Å². The molecule has 0 aliphatic heterocycles. The lowest BCUT2D eigenvalue weighted by molar-refractivity contribution is -0.870. The largest absolute Gasteiger partial charge is 0.756 e. The highest BCUT2D eigenvalue weighted by atomic mass is 31.2. The maximum Gasteiger partial charge on any atom is 0.306 e. The van der Waals surface area contributed by atoms with Crippen LogP contribution in [-0.2, 0) is 32.7 Å². The van der Waals surface area contributed by atoms with Crippen molar-refractivity contribution in [3.63, 3.8) is 0 Å². The zero-order valence-electron chi connectivity index (χ0n) is 39.2. The molecule has 352 valence electrons. The van der Waals surface area contributed by atoms with Gasteiger partial charge in [0, 0.05) is 12.8 Å². The van der Waals surface area contributed by atoms with Crippen molar-refractivity contribution < 1.29 is 47.2 Å². The van der Waals surface area contributed by atoms with Gasteiger partial charge in [-0.15, -0.1) is 0 Å².